The van der Waals surface area contributed by atoms with Gasteiger partial charge >= 0.3 is 5.97 Å². The number of fused-ring (bicyclic) bond motifs is 1. The number of aliphatic carboxylic acids is 1. The van der Waals surface area contributed by atoms with Crippen LogP contribution in [-0.4, -0.2) is 36.2 Å². The van der Waals surface area contributed by atoms with Gasteiger partial charge in [-0.05, 0) is 17.5 Å². The number of carboxylic acid groups (broad SMARTS) is 1. The standard InChI is InChI=1S/C16H19NO5/c1-16(2)12(13(16)15(19)20)14(18)17-7-9-8-21-10-5-3-4-6-11(10)22-9/h3-6,9,12-13H,7-8H2,1-2H3,(H,17,18)(H,19,20)/t9-,12-,13-/m1/s1. The van der Waals surface area contributed by atoms with Gasteiger partial charge in [0.15, 0.2) is 11.5 Å². The van der Waals surface area contributed by atoms with Crippen LogP contribution in [0.4, 0.5) is 0 Å². The molecule has 0 unspecified atom stereocenters. The zero-order valence-electron chi connectivity index (χ0n) is 12.5. The molecular weight excluding hydrogens is 286 g/mol. The van der Waals surface area contributed by atoms with Crippen LogP contribution < -0.4 is 14.8 Å². The van der Waals surface area contributed by atoms with E-state index in [0.29, 0.717) is 24.7 Å². The third kappa shape index (κ3) is 2.49. The summed E-state index contributed by atoms with van der Waals surface area (Å²) in [6.07, 6.45) is -0.274. The number of ether oxygens (including phenoxy) is 2. The van der Waals surface area contributed by atoms with Gasteiger partial charge in [0.05, 0.1) is 18.4 Å². The van der Waals surface area contributed by atoms with E-state index in [2.05, 4.69) is 5.32 Å². The summed E-state index contributed by atoms with van der Waals surface area (Å²) in [7, 11) is 0. The molecule has 2 aliphatic rings. The molecule has 2 N–H and O–H groups in total. The first-order valence-corrected chi connectivity index (χ1v) is 7.30. The van der Waals surface area contributed by atoms with Crippen molar-refractivity contribution in [3.05, 3.63) is 24.3 Å². The van der Waals surface area contributed by atoms with Gasteiger partial charge in [-0.25, -0.2) is 0 Å². The van der Waals surface area contributed by atoms with Crippen molar-refractivity contribution in [2.45, 2.75) is 20.0 Å². The van der Waals surface area contributed by atoms with Crippen molar-refractivity contribution in [2.75, 3.05) is 13.2 Å². The van der Waals surface area contributed by atoms with E-state index in [1.165, 1.54) is 0 Å². The van der Waals surface area contributed by atoms with Crippen molar-refractivity contribution in [2.24, 2.45) is 17.3 Å². The average Bonchev–Trinajstić information content (AvgIpc) is 3.07. The maximum absolute atomic E-state index is 12.2. The van der Waals surface area contributed by atoms with E-state index in [1.54, 1.807) is 13.8 Å². The Bertz CT molecular complexity index is 612. The maximum Gasteiger partial charge on any atom is 0.307 e. The number of benzene rings is 1. The van der Waals surface area contributed by atoms with Crippen molar-refractivity contribution < 1.29 is 24.2 Å². The molecular formula is C16H19NO5. The average molecular weight is 305 g/mol. The van der Waals surface area contributed by atoms with Gasteiger partial charge in [-0.1, -0.05) is 26.0 Å². The van der Waals surface area contributed by atoms with Gasteiger partial charge < -0.3 is 19.9 Å². The van der Waals surface area contributed by atoms with Crippen LogP contribution in [0.25, 0.3) is 0 Å². The fourth-order valence-corrected chi connectivity index (χ4v) is 3.08. The SMILES string of the molecule is CC1(C)[C@@H](C(=O)O)[C@@H]1C(=O)NC[C@@H]1COc2ccccc2O1. The number of carboxylic acids is 1. The first kappa shape index (κ1) is 14.7. The lowest BCUT2D eigenvalue weighted by Crippen LogP contribution is -2.41. The van der Waals surface area contributed by atoms with Crippen LogP contribution in [0.5, 0.6) is 11.5 Å². The Hall–Kier alpha value is -2.24. The van der Waals surface area contributed by atoms with Crippen LogP contribution in [0.15, 0.2) is 24.3 Å². The minimum atomic E-state index is -0.920. The van der Waals surface area contributed by atoms with Gasteiger partial charge in [0.2, 0.25) is 5.91 Å². The van der Waals surface area contributed by atoms with Crippen molar-refractivity contribution in [1.29, 1.82) is 0 Å². The third-order valence-corrected chi connectivity index (χ3v) is 4.45. The quantitative estimate of drug-likeness (QED) is 0.876. The number of hydrogen-bond donors (Lipinski definition) is 2. The molecule has 3 rings (SSSR count). The largest absolute Gasteiger partial charge is 0.486 e. The van der Waals surface area contributed by atoms with Gasteiger partial charge in [-0.2, -0.15) is 0 Å². The fourth-order valence-electron chi connectivity index (χ4n) is 3.08. The van der Waals surface area contributed by atoms with Crippen LogP contribution in [0.1, 0.15) is 13.8 Å². The second kappa shape index (κ2) is 5.19. The van der Waals surface area contributed by atoms with Crippen molar-refractivity contribution in [1.82, 2.24) is 5.32 Å². The summed E-state index contributed by atoms with van der Waals surface area (Å²) in [6, 6.07) is 7.36. The molecule has 0 aromatic heterocycles. The van der Waals surface area contributed by atoms with Gasteiger partial charge in [-0.3, -0.25) is 9.59 Å². The van der Waals surface area contributed by atoms with Crippen LogP contribution in [0.3, 0.4) is 0 Å². The first-order chi connectivity index (χ1) is 10.4. The third-order valence-electron chi connectivity index (χ3n) is 4.45. The van der Waals surface area contributed by atoms with E-state index in [9.17, 15) is 9.59 Å². The van der Waals surface area contributed by atoms with E-state index in [0.717, 1.165) is 0 Å². The molecule has 0 spiro atoms. The van der Waals surface area contributed by atoms with Crippen LogP contribution in [0, 0.1) is 17.3 Å². The summed E-state index contributed by atoms with van der Waals surface area (Å²) in [5, 5.41) is 11.9. The molecule has 0 saturated heterocycles. The molecule has 1 aliphatic heterocycles. The fraction of sp³-hybridized carbons (Fsp3) is 0.500. The number of carbonyl (C=O) groups is 2. The second-order valence-corrected chi connectivity index (χ2v) is 6.36. The smallest absolute Gasteiger partial charge is 0.307 e. The summed E-state index contributed by atoms with van der Waals surface area (Å²) in [5.74, 6) is -0.905. The molecule has 1 heterocycles. The molecule has 3 atom stereocenters. The lowest BCUT2D eigenvalue weighted by atomic mass is 10.1. The van der Waals surface area contributed by atoms with Crippen LogP contribution in [-0.2, 0) is 9.59 Å². The highest BCUT2D eigenvalue weighted by molar-refractivity contribution is 5.91. The number of carbonyl (C=O) groups excluding carboxylic acids is 1. The van der Waals surface area contributed by atoms with E-state index >= 15 is 0 Å². The monoisotopic (exact) mass is 305 g/mol. The predicted octanol–water partition coefficient (Wildman–Crippen LogP) is 1.30. The molecule has 1 saturated carbocycles. The minimum Gasteiger partial charge on any atom is -0.486 e. The molecule has 1 aliphatic carbocycles. The van der Waals surface area contributed by atoms with E-state index in [1.807, 2.05) is 24.3 Å². The highest BCUT2D eigenvalue weighted by Gasteiger charge is 2.65. The highest BCUT2D eigenvalue weighted by atomic mass is 16.6. The molecule has 6 heteroatoms. The molecule has 1 aromatic carbocycles. The number of nitrogens with one attached hydrogen (secondary N) is 1. The van der Waals surface area contributed by atoms with Crippen LogP contribution >= 0.6 is 0 Å². The summed E-state index contributed by atoms with van der Waals surface area (Å²) >= 11 is 0. The maximum atomic E-state index is 12.2. The van der Waals surface area contributed by atoms with Gasteiger partial charge in [0, 0.05) is 0 Å². The summed E-state index contributed by atoms with van der Waals surface area (Å²) in [4.78, 5) is 23.3. The van der Waals surface area contributed by atoms with E-state index in [4.69, 9.17) is 14.6 Å². The van der Waals surface area contributed by atoms with Gasteiger partial charge in [-0.15, -0.1) is 0 Å². The Balaban J connectivity index is 1.54. The number of rotatable bonds is 4. The Morgan fingerprint density at radius 2 is 1.95 bits per heavy atom. The summed E-state index contributed by atoms with van der Waals surface area (Å²) in [5.41, 5.74) is -0.494. The second-order valence-electron chi connectivity index (χ2n) is 6.36. The van der Waals surface area contributed by atoms with Crippen molar-refractivity contribution in [3.8, 4) is 11.5 Å². The Morgan fingerprint density at radius 3 is 2.59 bits per heavy atom. The molecule has 1 fully saturated rings. The van der Waals surface area contributed by atoms with Crippen molar-refractivity contribution >= 4 is 11.9 Å². The lowest BCUT2D eigenvalue weighted by molar-refractivity contribution is -0.140. The number of para-hydroxylation sites is 2. The number of amides is 1. The summed E-state index contributed by atoms with van der Waals surface area (Å²) < 4.78 is 11.3. The minimum absolute atomic E-state index is 0.236. The van der Waals surface area contributed by atoms with E-state index < -0.39 is 23.2 Å². The Labute approximate surface area is 128 Å². The molecule has 1 aromatic rings. The lowest BCUT2D eigenvalue weighted by Gasteiger charge is -2.26. The predicted molar refractivity (Wildman–Crippen MR) is 77.8 cm³/mol. The number of hydrogen-bond acceptors (Lipinski definition) is 4. The Kier molecular flexibility index (Phi) is 3.47. The molecule has 1 amide bonds. The molecule has 22 heavy (non-hydrogen) atoms. The molecule has 118 valence electrons. The summed E-state index contributed by atoms with van der Waals surface area (Å²) in [6.45, 7) is 4.25. The van der Waals surface area contributed by atoms with Crippen molar-refractivity contribution in [3.63, 3.8) is 0 Å². The Morgan fingerprint density at radius 1 is 1.27 bits per heavy atom. The molecule has 6 nitrogen and oxygen atoms in total. The molecule has 0 bridgehead atoms. The van der Waals surface area contributed by atoms with Gasteiger partial charge in [0.25, 0.3) is 0 Å². The first-order valence-electron chi connectivity index (χ1n) is 7.30. The normalized spacial score (nSPS) is 27.8. The van der Waals surface area contributed by atoms with Crippen LogP contribution in [0.2, 0.25) is 0 Å². The van der Waals surface area contributed by atoms with Gasteiger partial charge in [0.1, 0.15) is 12.7 Å². The topological polar surface area (TPSA) is 84.9 Å². The zero-order valence-corrected chi connectivity index (χ0v) is 12.5. The van der Waals surface area contributed by atoms with E-state index in [-0.39, 0.29) is 12.0 Å². The highest BCUT2D eigenvalue weighted by Crippen LogP contribution is 2.58. The molecule has 0 radical (unpaired) electrons. The zero-order chi connectivity index (χ0) is 15.9.